The molecule has 2 aromatic carbocycles. The second-order valence-electron chi connectivity index (χ2n) is 8.20. The summed E-state index contributed by atoms with van der Waals surface area (Å²) in [7, 11) is -3.57. The smallest absolute Gasteiger partial charge is 0.243 e. The molecule has 0 bridgehead atoms. The van der Waals surface area contributed by atoms with Crippen molar-refractivity contribution in [1.82, 2.24) is 14.2 Å². The molecular formula is C24H27N3O4S. The summed E-state index contributed by atoms with van der Waals surface area (Å²) in [6, 6.07) is 16.6. The van der Waals surface area contributed by atoms with Crippen LogP contribution in [0.4, 0.5) is 0 Å². The van der Waals surface area contributed by atoms with E-state index in [-0.39, 0.29) is 30.3 Å². The lowest BCUT2D eigenvalue weighted by Gasteiger charge is -2.34. The van der Waals surface area contributed by atoms with Crippen molar-refractivity contribution in [1.29, 1.82) is 0 Å². The van der Waals surface area contributed by atoms with Gasteiger partial charge in [0.05, 0.1) is 17.0 Å². The summed E-state index contributed by atoms with van der Waals surface area (Å²) in [5, 5.41) is 0. The molecule has 0 atom stereocenters. The molecule has 1 aliphatic heterocycles. The lowest BCUT2D eigenvalue weighted by molar-refractivity contribution is -0.131. The SMILES string of the molecule is CC(C)c1ccc(S(=O)(=O)N2CCN(C(=O)Cc3coc(-c4ccccc4)n3)CC2)cc1. The van der Waals surface area contributed by atoms with Gasteiger partial charge in [0.15, 0.2) is 0 Å². The van der Waals surface area contributed by atoms with Crippen LogP contribution in [-0.2, 0) is 21.2 Å². The highest BCUT2D eigenvalue weighted by molar-refractivity contribution is 7.89. The fourth-order valence-corrected chi connectivity index (χ4v) is 5.14. The first-order valence-corrected chi connectivity index (χ1v) is 12.2. The number of piperazine rings is 1. The average Bonchev–Trinajstić information content (AvgIpc) is 3.28. The summed E-state index contributed by atoms with van der Waals surface area (Å²) >= 11 is 0. The topological polar surface area (TPSA) is 83.7 Å². The molecule has 1 aromatic heterocycles. The zero-order valence-corrected chi connectivity index (χ0v) is 19.1. The van der Waals surface area contributed by atoms with Gasteiger partial charge in [-0.15, -0.1) is 0 Å². The first-order chi connectivity index (χ1) is 15.3. The Balaban J connectivity index is 1.35. The Morgan fingerprint density at radius 2 is 1.66 bits per heavy atom. The van der Waals surface area contributed by atoms with E-state index in [4.69, 9.17) is 4.42 Å². The summed E-state index contributed by atoms with van der Waals surface area (Å²) in [5.41, 5.74) is 2.52. The van der Waals surface area contributed by atoms with Crippen LogP contribution in [0.25, 0.3) is 11.5 Å². The Morgan fingerprint density at radius 1 is 1.00 bits per heavy atom. The molecule has 8 heteroatoms. The van der Waals surface area contributed by atoms with Crippen LogP contribution in [0.3, 0.4) is 0 Å². The van der Waals surface area contributed by atoms with Crippen molar-refractivity contribution in [2.45, 2.75) is 31.1 Å². The van der Waals surface area contributed by atoms with E-state index >= 15 is 0 Å². The fraction of sp³-hybridized carbons (Fsp3) is 0.333. The summed E-state index contributed by atoms with van der Waals surface area (Å²) in [6.45, 7) is 5.39. The van der Waals surface area contributed by atoms with Gasteiger partial charge < -0.3 is 9.32 Å². The highest BCUT2D eigenvalue weighted by Gasteiger charge is 2.30. The molecule has 0 radical (unpaired) electrons. The molecular weight excluding hydrogens is 426 g/mol. The van der Waals surface area contributed by atoms with E-state index in [1.54, 1.807) is 17.0 Å². The molecule has 32 heavy (non-hydrogen) atoms. The van der Waals surface area contributed by atoms with Crippen LogP contribution in [0.1, 0.15) is 31.0 Å². The number of oxazole rings is 1. The molecule has 0 N–H and O–H groups in total. The van der Waals surface area contributed by atoms with E-state index in [0.29, 0.717) is 30.6 Å². The zero-order chi connectivity index (χ0) is 22.7. The molecule has 3 aromatic rings. The fourth-order valence-electron chi connectivity index (χ4n) is 3.72. The number of benzene rings is 2. The molecule has 168 valence electrons. The maximum absolute atomic E-state index is 13.0. The van der Waals surface area contributed by atoms with Crippen LogP contribution in [0.15, 0.2) is 70.2 Å². The van der Waals surface area contributed by atoms with Gasteiger partial charge in [-0.25, -0.2) is 13.4 Å². The van der Waals surface area contributed by atoms with Crippen molar-refractivity contribution < 1.29 is 17.6 Å². The average molecular weight is 454 g/mol. The van der Waals surface area contributed by atoms with E-state index in [2.05, 4.69) is 18.8 Å². The minimum atomic E-state index is -3.57. The highest BCUT2D eigenvalue weighted by atomic mass is 32.2. The standard InChI is InChI=1S/C24H27N3O4S/c1-18(2)19-8-10-22(11-9-19)32(29,30)27-14-12-26(13-15-27)23(28)16-21-17-31-24(25-21)20-6-4-3-5-7-20/h3-11,17-18H,12-16H2,1-2H3. The summed E-state index contributed by atoms with van der Waals surface area (Å²) in [6.07, 6.45) is 1.63. The first kappa shape index (κ1) is 22.2. The van der Waals surface area contributed by atoms with Crippen molar-refractivity contribution in [3.8, 4) is 11.5 Å². The van der Waals surface area contributed by atoms with E-state index in [0.717, 1.165) is 11.1 Å². The molecule has 0 unspecified atom stereocenters. The van der Waals surface area contributed by atoms with Crippen molar-refractivity contribution in [3.63, 3.8) is 0 Å². The van der Waals surface area contributed by atoms with Crippen molar-refractivity contribution in [2.24, 2.45) is 0 Å². The Morgan fingerprint density at radius 3 is 2.28 bits per heavy atom. The first-order valence-electron chi connectivity index (χ1n) is 10.7. The van der Waals surface area contributed by atoms with Gasteiger partial charge in [-0.2, -0.15) is 4.31 Å². The second-order valence-corrected chi connectivity index (χ2v) is 10.1. The number of aromatic nitrogens is 1. The number of carbonyl (C=O) groups excluding carboxylic acids is 1. The van der Waals surface area contributed by atoms with Crippen molar-refractivity contribution in [3.05, 3.63) is 72.1 Å². The second kappa shape index (κ2) is 9.26. The van der Waals surface area contributed by atoms with Gasteiger partial charge in [0.25, 0.3) is 0 Å². The Hall–Kier alpha value is -2.97. The number of hydrogen-bond donors (Lipinski definition) is 0. The zero-order valence-electron chi connectivity index (χ0n) is 18.3. The number of hydrogen-bond acceptors (Lipinski definition) is 5. The third-order valence-corrected chi connectivity index (χ3v) is 7.59. The van der Waals surface area contributed by atoms with Crippen LogP contribution in [-0.4, -0.2) is 54.7 Å². The Bertz CT molecular complexity index is 1160. The molecule has 4 rings (SSSR count). The number of amides is 1. The maximum Gasteiger partial charge on any atom is 0.243 e. The number of nitrogens with zero attached hydrogens (tertiary/aromatic N) is 3. The third-order valence-electron chi connectivity index (χ3n) is 5.68. The van der Waals surface area contributed by atoms with Crippen LogP contribution in [0.2, 0.25) is 0 Å². The molecule has 0 spiro atoms. The van der Waals surface area contributed by atoms with Crippen LogP contribution >= 0.6 is 0 Å². The van der Waals surface area contributed by atoms with E-state index in [1.165, 1.54) is 10.6 Å². The maximum atomic E-state index is 13.0. The minimum absolute atomic E-state index is 0.0868. The van der Waals surface area contributed by atoms with Crippen LogP contribution in [0, 0.1) is 0 Å². The molecule has 1 saturated heterocycles. The highest BCUT2D eigenvalue weighted by Crippen LogP contribution is 2.22. The normalized spacial score (nSPS) is 15.3. The summed E-state index contributed by atoms with van der Waals surface area (Å²) < 4.78 is 32.9. The molecule has 0 aliphatic carbocycles. The number of carbonyl (C=O) groups is 1. The number of rotatable bonds is 6. The quantitative estimate of drug-likeness (QED) is 0.570. The largest absolute Gasteiger partial charge is 0.444 e. The monoisotopic (exact) mass is 453 g/mol. The van der Waals surface area contributed by atoms with E-state index in [9.17, 15) is 13.2 Å². The predicted octanol–water partition coefficient (Wildman–Crippen LogP) is 3.54. The van der Waals surface area contributed by atoms with Gasteiger partial charge in [-0.05, 0) is 35.7 Å². The van der Waals surface area contributed by atoms with Crippen molar-refractivity contribution in [2.75, 3.05) is 26.2 Å². The third kappa shape index (κ3) is 4.76. The molecule has 1 amide bonds. The van der Waals surface area contributed by atoms with Gasteiger partial charge in [0, 0.05) is 31.7 Å². The summed E-state index contributed by atoms with van der Waals surface area (Å²) in [4.78, 5) is 19.1. The van der Waals surface area contributed by atoms with Gasteiger partial charge in [-0.3, -0.25) is 4.79 Å². The Kier molecular flexibility index (Phi) is 6.43. The predicted molar refractivity (Wildman–Crippen MR) is 122 cm³/mol. The van der Waals surface area contributed by atoms with Gasteiger partial charge in [0.1, 0.15) is 6.26 Å². The lowest BCUT2D eigenvalue weighted by Crippen LogP contribution is -2.50. The number of sulfonamides is 1. The summed E-state index contributed by atoms with van der Waals surface area (Å²) in [5.74, 6) is 0.735. The molecule has 2 heterocycles. The molecule has 1 aliphatic rings. The van der Waals surface area contributed by atoms with Gasteiger partial charge in [-0.1, -0.05) is 44.2 Å². The van der Waals surface area contributed by atoms with Crippen LogP contribution in [0.5, 0.6) is 0 Å². The molecule has 7 nitrogen and oxygen atoms in total. The minimum Gasteiger partial charge on any atom is -0.444 e. The molecule has 1 fully saturated rings. The van der Waals surface area contributed by atoms with E-state index < -0.39 is 10.0 Å². The Labute approximate surface area is 188 Å². The van der Waals surface area contributed by atoms with Crippen molar-refractivity contribution >= 4 is 15.9 Å². The van der Waals surface area contributed by atoms with Crippen LogP contribution < -0.4 is 0 Å². The molecule has 0 saturated carbocycles. The van der Waals surface area contributed by atoms with Gasteiger partial charge in [0.2, 0.25) is 21.8 Å². The van der Waals surface area contributed by atoms with Gasteiger partial charge >= 0.3 is 0 Å². The van der Waals surface area contributed by atoms with E-state index in [1.807, 2.05) is 42.5 Å². The lowest BCUT2D eigenvalue weighted by atomic mass is 10.0.